The number of hydrogen-bond acceptors (Lipinski definition) is 6. The largest absolute Gasteiger partial charge is 0.496 e. The smallest absolute Gasteiger partial charge is 0.341 e. The Hall–Kier alpha value is -4.59. The normalized spacial score (nSPS) is 10.6. The Labute approximate surface area is 201 Å². The van der Waals surface area contributed by atoms with Crippen LogP contribution >= 0.6 is 0 Å². The van der Waals surface area contributed by atoms with Crippen LogP contribution in [0.4, 0.5) is 5.69 Å². The predicted molar refractivity (Wildman–Crippen MR) is 130 cm³/mol. The fraction of sp³-hybridized carbons (Fsp3) is 0.148. The number of ether oxygens (including phenoxy) is 2. The van der Waals surface area contributed by atoms with Gasteiger partial charge in [0.1, 0.15) is 16.9 Å². The summed E-state index contributed by atoms with van der Waals surface area (Å²) in [5.41, 5.74) is 3.06. The van der Waals surface area contributed by atoms with Crippen molar-refractivity contribution >= 4 is 34.4 Å². The SMILES string of the molecule is COC(=O)c1cc(CNC(=O)Cc2ccc(NC(=O)c3cc4ccccc4o3)cc2)ccc1OC. The average Bonchev–Trinajstić information content (AvgIpc) is 3.32. The number of amides is 2. The summed E-state index contributed by atoms with van der Waals surface area (Å²) in [5, 5.41) is 6.49. The summed E-state index contributed by atoms with van der Waals surface area (Å²) in [4.78, 5) is 36.8. The molecule has 1 heterocycles. The first-order chi connectivity index (χ1) is 17.0. The molecule has 0 spiro atoms. The second kappa shape index (κ2) is 10.6. The minimum absolute atomic E-state index is 0.164. The van der Waals surface area contributed by atoms with Crippen molar-refractivity contribution in [3.63, 3.8) is 0 Å². The monoisotopic (exact) mass is 472 g/mol. The Kier molecular flexibility index (Phi) is 7.11. The number of nitrogens with one attached hydrogen (secondary N) is 2. The maximum atomic E-state index is 12.5. The lowest BCUT2D eigenvalue weighted by Crippen LogP contribution is -2.24. The Bertz CT molecular complexity index is 1340. The van der Waals surface area contributed by atoms with Gasteiger partial charge < -0.3 is 24.5 Å². The van der Waals surface area contributed by atoms with Crippen LogP contribution in [0.5, 0.6) is 5.75 Å². The molecule has 0 unspecified atom stereocenters. The molecule has 2 amide bonds. The lowest BCUT2D eigenvalue weighted by molar-refractivity contribution is -0.120. The first kappa shape index (κ1) is 23.6. The van der Waals surface area contributed by atoms with Gasteiger partial charge in [-0.25, -0.2) is 4.79 Å². The summed E-state index contributed by atoms with van der Waals surface area (Å²) >= 11 is 0. The fourth-order valence-electron chi connectivity index (χ4n) is 3.58. The Morgan fingerprint density at radius 2 is 1.63 bits per heavy atom. The van der Waals surface area contributed by atoms with Crippen LogP contribution in [0.1, 0.15) is 32.0 Å². The number of esters is 1. The molecule has 0 saturated carbocycles. The van der Waals surface area contributed by atoms with Crippen LogP contribution < -0.4 is 15.4 Å². The van der Waals surface area contributed by atoms with E-state index in [9.17, 15) is 14.4 Å². The Morgan fingerprint density at radius 1 is 0.886 bits per heavy atom. The van der Waals surface area contributed by atoms with Crippen LogP contribution in [0.3, 0.4) is 0 Å². The summed E-state index contributed by atoms with van der Waals surface area (Å²) in [7, 11) is 2.77. The number of methoxy groups -OCH3 is 2. The van der Waals surface area contributed by atoms with Crippen molar-refractivity contribution in [2.45, 2.75) is 13.0 Å². The van der Waals surface area contributed by atoms with Crippen molar-refractivity contribution in [2.24, 2.45) is 0 Å². The highest BCUT2D eigenvalue weighted by molar-refractivity contribution is 6.04. The third-order valence-electron chi connectivity index (χ3n) is 5.38. The topological polar surface area (TPSA) is 107 Å². The van der Waals surface area contributed by atoms with Gasteiger partial charge in [0, 0.05) is 17.6 Å². The van der Waals surface area contributed by atoms with Crippen molar-refractivity contribution in [1.29, 1.82) is 0 Å². The second-order valence-electron chi connectivity index (χ2n) is 7.78. The zero-order chi connectivity index (χ0) is 24.8. The van der Waals surface area contributed by atoms with Crippen LogP contribution in [0.2, 0.25) is 0 Å². The summed E-state index contributed by atoms with van der Waals surface area (Å²) < 4.78 is 15.5. The van der Waals surface area contributed by atoms with Crippen molar-refractivity contribution in [3.05, 3.63) is 95.2 Å². The summed E-state index contributed by atoms with van der Waals surface area (Å²) in [6.07, 6.45) is 0.164. The highest BCUT2D eigenvalue weighted by Crippen LogP contribution is 2.22. The molecule has 0 bridgehead atoms. The minimum Gasteiger partial charge on any atom is -0.496 e. The van der Waals surface area contributed by atoms with E-state index in [1.54, 1.807) is 54.6 Å². The predicted octanol–water partition coefficient (Wildman–Crippen LogP) is 4.34. The molecule has 0 radical (unpaired) electrons. The number of hydrogen-bond donors (Lipinski definition) is 2. The van der Waals surface area contributed by atoms with Gasteiger partial charge in [0.2, 0.25) is 5.91 Å². The van der Waals surface area contributed by atoms with Gasteiger partial charge in [0.25, 0.3) is 5.91 Å². The van der Waals surface area contributed by atoms with E-state index in [1.807, 2.05) is 18.2 Å². The van der Waals surface area contributed by atoms with Gasteiger partial charge in [0.05, 0.1) is 20.6 Å². The molecule has 0 fully saturated rings. The standard InChI is InChI=1S/C27H24N2O6/c1-33-23-12-9-18(13-21(23)27(32)34-2)16-28-25(30)14-17-7-10-20(11-8-17)29-26(31)24-15-19-5-3-4-6-22(19)35-24/h3-13,15H,14,16H2,1-2H3,(H,28,30)(H,29,31). The molecular weight excluding hydrogens is 448 g/mol. The van der Waals surface area contributed by atoms with Gasteiger partial charge in [-0.05, 0) is 47.5 Å². The quantitative estimate of drug-likeness (QED) is 0.370. The molecule has 0 atom stereocenters. The summed E-state index contributed by atoms with van der Waals surface area (Å²) in [6, 6.07) is 21.2. The first-order valence-electron chi connectivity index (χ1n) is 10.9. The van der Waals surface area contributed by atoms with Crippen molar-refractivity contribution in [3.8, 4) is 5.75 Å². The fourth-order valence-corrected chi connectivity index (χ4v) is 3.58. The molecular formula is C27H24N2O6. The number of para-hydroxylation sites is 1. The molecule has 0 aliphatic heterocycles. The average molecular weight is 472 g/mol. The summed E-state index contributed by atoms with van der Waals surface area (Å²) in [6.45, 7) is 0.248. The van der Waals surface area contributed by atoms with Gasteiger partial charge in [-0.15, -0.1) is 0 Å². The number of fused-ring (bicyclic) bond motifs is 1. The Morgan fingerprint density at radius 3 is 2.34 bits per heavy atom. The molecule has 2 N–H and O–H groups in total. The molecule has 1 aromatic heterocycles. The number of benzene rings is 3. The third-order valence-corrected chi connectivity index (χ3v) is 5.38. The van der Waals surface area contributed by atoms with Gasteiger partial charge in [-0.3, -0.25) is 9.59 Å². The third kappa shape index (κ3) is 5.67. The van der Waals surface area contributed by atoms with Gasteiger partial charge >= 0.3 is 5.97 Å². The van der Waals surface area contributed by atoms with E-state index in [1.165, 1.54) is 14.2 Å². The van der Waals surface area contributed by atoms with Gasteiger partial charge in [0.15, 0.2) is 5.76 Å². The van der Waals surface area contributed by atoms with Crippen molar-refractivity contribution < 1.29 is 28.3 Å². The number of carbonyl (C=O) groups is 3. The zero-order valence-corrected chi connectivity index (χ0v) is 19.3. The number of rotatable bonds is 8. The van der Waals surface area contributed by atoms with Crippen LogP contribution in [0.25, 0.3) is 11.0 Å². The van der Waals surface area contributed by atoms with E-state index >= 15 is 0 Å². The van der Waals surface area contributed by atoms with Crippen LogP contribution in [0, 0.1) is 0 Å². The number of anilines is 1. The lowest BCUT2D eigenvalue weighted by Gasteiger charge is -2.10. The minimum atomic E-state index is -0.512. The van der Waals surface area contributed by atoms with E-state index in [2.05, 4.69) is 10.6 Å². The van der Waals surface area contributed by atoms with Gasteiger partial charge in [-0.2, -0.15) is 0 Å². The molecule has 178 valence electrons. The second-order valence-corrected chi connectivity index (χ2v) is 7.78. The molecule has 35 heavy (non-hydrogen) atoms. The Balaban J connectivity index is 1.32. The zero-order valence-electron chi connectivity index (χ0n) is 19.3. The van der Waals surface area contributed by atoms with Crippen molar-refractivity contribution in [1.82, 2.24) is 5.32 Å². The van der Waals surface area contributed by atoms with E-state index in [4.69, 9.17) is 13.9 Å². The molecule has 0 saturated heterocycles. The lowest BCUT2D eigenvalue weighted by atomic mass is 10.1. The molecule has 8 heteroatoms. The molecule has 4 rings (SSSR count). The van der Waals surface area contributed by atoms with Crippen LogP contribution in [-0.2, 0) is 22.5 Å². The molecule has 0 aliphatic carbocycles. The molecule has 0 aliphatic rings. The van der Waals surface area contributed by atoms with Crippen molar-refractivity contribution in [2.75, 3.05) is 19.5 Å². The molecule has 8 nitrogen and oxygen atoms in total. The van der Waals surface area contributed by atoms with Gasteiger partial charge in [-0.1, -0.05) is 36.4 Å². The molecule has 3 aromatic carbocycles. The summed E-state index contributed by atoms with van der Waals surface area (Å²) in [5.74, 6) is -0.414. The molecule has 4 aromatic rings. The number of carbonyl (C=O) groups excluding carboxylic acids is 3. The van der Waals surface area contributed by atoms with Crippen LogP contribution in [-0.4, -0.2) is 32.0 Å². The highest BCUT2D eigenvalue weighted by atomic mass is 16.5. The van der Waals surface area contributed by atoms with E-state index in [-0.39, 0.29) is 30.5 Å². The maximum Gasteiger partial charge on any atom is 0.341 e. The van der Waals surface area contributed by atoms with E-state index in [0.717, 1.165) is 16.5 Å². The maximum absolute atomic E-state index is 12.5. The highest BCUT2D eigenvalue weighted by Gasteiger charge is 2.15. The number of furan rings is 1. The van der Waals surface area contributed by atoms with E-state index in [0.29, 0.717) is 22.6 Å². The van der Waals surface area contributed by atoms with Crippen LogP contribution in [0.15, 0.2) is 77.2 Å². The first-order valence-corrected chi connectivity index (χ1v) is 10.9. The van der Waals surface area contributed by atoms with E-state index < -0.39 is 5.97 Å².